The van der Waals surface area contributed by atoms with E-state index in [4.69, 9.17) is 0 Å². The molecular formula is C9H8F3O. The summed E-state index contributed by atoms with van der Waals surface area (Å²) in [5.41, 5.74) is 0.711. The molecule has 0 aliphatic rings. The summed E-state index contributed by atoms with van der Waals surface area (Å²) in [6.45, 7) is -0.166. The molecule has 0 heterocycles. The summed E-state index contributed by atoms with van der Waals surface area (Å²) in [6.07, 6.45) is -4.37. The first-order chi connectivity index (χ1) is 6.08. The van der Waals surface area contributed by atoms with Gasteiger partial charge in [-0.05, 0) is 5.56 Å². The van der Waals surface area contributed by atoms with Crippen molar-refractivity contribution in [2.75, 3.05) is 0 Å². The Morgan fingerprint density at radius 3 is 2.31 bits per heavy atom. The maximum absolute atomic E-state index is 11.6. The lowest BCUT2D eigenvalue weighted by atomic mass is 10.2. The topological polar surface area (TPSA) is 9.23 Å². The molecule has 0 saturated heterocycles. The Morgan fingerprint density at radius 1 is 1.15 bits per heavy atom. The summed E-state index contributed by atoms with van der Waals surface area (Å²) in [4.78, 5) is 0. The Labute approximate surface area is 74.1 Å². The molecule has 0 aliphatic carbocycles. The predicted molar refractivity (Wildman–Crippen MR) is 41.6 cm³/mol. The van der Waals surface area contributed by atoms with Crippen molar-refractivity contribution in [1.29, 1.82) is 0 Å². The predicted octanol–water partition coefficient (Wildman–Crippen LogP) is 2.93. The average Bonchev–Trinajstić information content (AvgIpc) is 2.04. The fourth-order valence-electron chi connectivity index (χ4n) is 0.807. The van der Waals surface area contributed by atoms with Gasteiger partial charge in [0.05, 0.1) is 6.61 Å². The Hall–Kier alpha value is -1.03. The second kappa shape index (κ2) is 4.28. The van der Waals surface area contributed by atoms with E-state index in [1.54, 1.807) is 30.3 Å². The minimum atomic E-state index is -4.37. The molecule has 0 spiro atoms. The van der Waals surface area contributed by atoms with Crippen LogP contribution in [0.4, 0.5) is 13.2 Å². The van der Waals surface area contributed by atoms with Crippen molar-refractivity contribution in [3.8, 4) is 0 Å². The normalized spacial score (nSPS) is 11.6. The molecule has 0 saturated carbocycles. The minimum Gasteiger partial charge on any atom is -0.361 e. The number of rotatable bonds is 3. The van der Waals surface area contributed by atoms with Crippen LogP contribution in [0, 0.1) is 6.61 Å². The number of hydrogen-bond acceptors (Lipinski definition) is 1. The van der Waals surface area contributed by atoms with Crippen molar-refractivity contribution in [3.63, 3.8) is 0 Å². The smallest absolute Gasteiger partial charge is 0.361 e. The van der Waals surface area contributed by atoms with Gasteiger partial charge in [0.25, 0.3) is 0 Å². The van der Waals surface area contributed by atoms with Gasteiger partial charge in [0.15, 0.2) is 6.61 Å². The lowest BCUT2D eigenvalue weighted by molar-refractivity contribution is -0.140. The van der Waals surface area contributed by atoms with E-state index in [2.05, 4.69) is 4.74 Å². The van der Waals surface area contributed by atoms with E-state index in [1.165, 1.54) is 0 Å². The van der Waals surface area contributed by atoms with Gasteiger partial charge in [-0.3, -0.25) is 0 Å². The van der Waals surface area contributed by atoms with Gasteiger partial charge in [-0.2, -0.15) is 13.2 Å². The standard InChI is InChI=1S/C9H8F3O/c10-9(11,12)7-13-6-8-4-2-1-3-5-8/h1-5,7H,6H2. The Bertz CT molecular complexity index is 243. The van der Waals surface area contributed by atoms with Crippen LogP contribution in [-0.2, 0) is 11.3 Å². The van der Waals surface area contributed by atoms with Crippen molar-refractivity contribution in [3.05, 3.63) is 42.5 Å². The lowest BCUT2D eigenvalue weighted by Gasteiger charge is -2.05. The van der Waals surface area contributed by atoms with Crippen molar-refractivity contribution in [1.82, 2.24) is 0 Å². The van der Waals surface area contributed by atoms with Crippen LogP contribution in [0.3, 0.4) is 0 Å². The maximum Gasteiger partial charge on any atom is 0.417 e. The summed E-state index contributed by atoms with van der Waals surface area (Å²) in [5, 5.41) is 0. The lowest BCUT2D eigenvalue weighted by Crippen LogP contribution is -2.10. The van der Waals surface area contributed by atoms with Crippen LogP contribution in [0.5, 0.6) is 0 Å². The van der Waals surface area contributed by atoms with Crippen molar-refractivity contribution in [2.24, 2.45) is 0 Å². The fraction of sp³-hybridized carbons (Fsp3) is 0.222. The highest BCUT2D eigenvalue weighted by atomic mass is 19.4. The fourth-order valence-corrected chi connectivity index (χ4v) is 0.807. The van der Waals surface area contributed by atoms with Crippen molar-refractivity contribution < 1.29 is 17.9 Å². The molecule has 13 heavy (non-hydrogen) atoms. The van der Waals surface area contributed by atoms with Crippen LogP contribution in [-0.4, -0.2) is 6.18 Å². The van der Waals surface area contributed by atoms with Crippen molar-refractivity contribution >= 4 is 0 Å². The molecule has 1 aromatic carbocycles. The molecule has 0 amide bonds. The van der Waals surface area contributed by atoms with Gasteiger partial charge in [0, 0.05) is 0 Å². The summed E-state index contributed by atoms with van der Waals surface area (Å²) >= 11 is 0. The first kappa shape index (κ1) is 10.1. The highest BCUT2D eigenvalue weighted by molar-refractivity contribution is 5.13. The van der Waals surface area contributed by atoms with E-state index >= 15 is 0 Å². The zero-order chi connectivity index (χ0) is 9.73. The molecule has 0 bridgehead atoms. The Kier molecular flexibility index (Phi) is 3.31. The molecule has 1 rings (SSSR count). The molecule has 0 N–H and O–H groups in total. The zero-order valence-corrected chi connectivity index (χ0v) is 6.71. The first-order valence-corrected chi connectivity index (χ1v) is 3.64. The largest absolute Gasteiger partial charge is 0.417 e. The second-order valence-electron chi connectivity index (χ2n) is 2.46. The molecule has 0 unspecified atom stereocenters. The van der Waals surface area contributed by atoms with Gasteiger partial charge >= 0.3 is 6.18 Å². The maximum atomic E-state index is 11.6. The van der Waals surface area contributed by atoms with Gasteiger partial charge in [0.1, 0.15) is 0 Å². The molecule has 1 aromatic rings. The molecule has 0 aromatic heterocycles. The molecule has 1 nitrogen and oxygen atoms in total. The zero-order valence-electron chi connectivity index (χ0n) is 6.71. The third kappa shape index (κ3) is 4.52. The average molecular weight is 189 g/mol. The highest BCUT2D eigenvalue weighted by Gasteiger charge is 2.28. The molecule has 1 radical (unpaired) electrons. The minimum absolute atomic E-state index is 0.0552. The molecule has 0 aliphatic heterocycles. The van der Waals surface area contributed by atoms with E-state index in [9.17, 15) is 13.2 Å². The van der Waals surface area contributed by atoms with E-state index in [0.29, 0.717) is 5.56 Å². The van der Waals surface area contributed by atoms with Crippen LogP contribution in [0.15, 0.2) is 30.3 Å². The quantitative estimate of drug-likeness (QED) is 0.710. The van der Waals surface area contributed by atoms with E-state index in [-0.39, 0.29) is 13.2 Å². The molecule has 0 atom stereocenters. The summed E-state index contributed by atoms with van der Waals surface area (Å²) in [7, 11) is 0. The number of benzene rings is 1. The SMILES string of the molecule is FC(F)(F)[CH]OCc1ccccc1. The molecule has 71 valence electrons. The monoisotopic (exact) mass is 189 g/mol. The second-order valence-corrected chi connectivity index (χ2v) is 2.46. The molecule has 4 heteroatoms. The third-order valence-electron chi connectivity index (χ3n) is 1.31. The van der Waals surface area contributed by atoms with Gasteiger partial charge < -0.3 is 4.74 Å². The Morgan fingerprint density at radius 2 is 1.77 bits per heavy atom. The number of halogens is 3. The van der Waals surface area contributed by atoms with Crippen molar-refractivity contribution in [2.45, 2.75) is 12.8 Å². The van der Waals surface area contributed by atoms with E-state index in [1.807, 2.05) is 0 Å². The van der Waals surface area contributed by atoms with Crippen LogP contribution in [0.2, 0.25) is 0 Å². The van der Waals surface area contributed by atoms with E-state index < -0.39 is 6.18 Å². The number of hydrogen-bond donors (Lipinski definition) is 0. The Balaban J connectivity index is 2.29. The van der Waals surface area contributed by atoms with Gasteiger partial charge in [-0.15, -0.1) is 0 Å². The molecular weight excluding hydrogens is 181 g/mol. The van der Waals surface area contributed by atoms with Gasteiger partial charge in [-0.25, -0.2) is 0 Å². The molecule has 0 fully saturated rings. The van der Waals surface area contributed by atoms with Crippen LogP contribution in [0.25, 0.3) is 0 Å². The van der Waals surface area contributed by atoms with Gasteiger partial charge in [-0.1, -0.05) is 30.3 Å². The van der Waals surface area contributed by atoms with E-state index in [0.717, 1.165) is 0 Å². The van der Waals surface area contributed by atoms with Crippen LogP contribution >= 0.6 is 0 Å². The number of alkyl halides is 3. The summed E-state index contributed by atoms with van der Waals surface area (Å²) in [6, 6.07) is 8.67. The van der Waals surface area contributed by atoms with Gasteiger partial charge in [0.2, 0.25) is 0 Å². The summed E-state index contributed by atoms with van der Waals surface area (Å²) < 4.78 is 39.1. The first-order valence-electron chi connectivity index (χ1n) is 3.64. The summed E-state index contributed by atoms with van der Waals surface area (Å²) in [5.74, 6) is 0. The van der Waals surface area contributed by atoms with Crippen LogP contribution < -0.4 is 0 Å². The van der Waals surface area contributed by atoms with Crippen LogP contribution in [0.1, 0.15) is 5.56 Å². The highest BCUT2D eigenvalue weighted by Crippen LogP contribution is 2.19. The third-order valence-corrected chi connectivity index (χ3v) is 1.31. The number of ether oxygens (including phenoxy) is 1.